The lowest BCUT2D eigenvalue weighted by molar-refractivity contribution is 1.65. The number of rotatable bonds is 13. The molecule has 87 heavy (non-hydrogen) atoms. The van der Waals surface area contributed by atoms with E-state index >= 15 is 0 Å². The first-order chi connectivity index (χ1) is 43.0. The van der Waals surface area contributed by atoms with Crippen molar-refractivity contribution in [3.05, 3.63) is 364 Å². The Bertz CT molecular complexity index is 3730. The fourth-order valence-corrected chi connectivity index (χ4v) is 81.7. The minimum Gasteiger partial charge on any atom is -0.0854 e. The van der Waals surface area contributed by atoms with E-state index in [0.29, 0.717) is 0 Å². The molecule has 424 valence electrons. The van der Waals surface area contributed by atoms with Gasteiger partial charge in [-0.3, -0.25) is 0 Å². The molecule has 0 amide bonds. The molecule has 12 aromatic carbocycles. The van der Waals surface area contributed by atoms with Crippen LogP contribution in [0.4, 0.5) is 0 Å². The van der Waals surface area contributed by atoms with Crippen molar-refractivity contribution in [3.8, 4) is 0 Å². The van der Waals surface area contributed by atoms with Crippen LogP contribution in [0.15, 0.2) is 364 Å². The fourth-order valence-electron chi connectivity index (χ4n) is 13.6. The molecule has 0 N–H and O–H groups in total. The van der Waals surface area contributed by atoms with E-state index < -0.39 is 62.0 Å². The van der Waals surface area contributed by atoms with Crippen LogP contribution in [0.5, 0.6) is 0 Å². The zero-order valence-corrected chi connectivity index (χ0v) is 56.8. The van der Waals surface area contributed by atoms with Gasteiger partial charge in [0, 0.05) is 14.3 Å². The molecule has 0 spiro atoms. The highest BCUT2D eigenvalue weighted by Gasteiger charge is 2.82. The van der Waals surface area contributed by atoms with E-state index in [1.807, 2.05) is 0 Å². The van der Waals surface area contributed by atoms with Gasteiger partial charge in [-0.05, 0) is 113 Å². The Morgan fingerprint density at radius 3 is 0.494 bits per heavy atom. The summed E-state index contributed by atoms with van der Waals surface area (Å²) in [6, 6.07) is 138. The molecule has 12 aromatic rings. The van der Waals surface area contributed by atoms with Crippen LogP contribution in [0.2, 0.25) is 0 Å². The van der Waals surface area contributed by atoms with E-state index in [9.17, 15) is 33.7 Å². The third-order valence-corrected chi connectivity index (χ3v) is 66.2. The molecule has 11 heteroatoms. The monoisotopic (exact) mass is 1330 g/mol. The van der Waals surface area contributed by atoms with Gasteiger partial charge >= 0.3 is 0 Å². The normalized spacial score (nSPS) is 18.7. The Morgan fingerprint density at radius 2 is 0.345 bits per heavy atom. The fraction of sp³-hybridized carbons (Fsp3) is 0.0132. The minimum atomic E-state index is -3.34. The van der Waals surface area contributed by atoms with Gasteiger partial charge in [0.2, 0.25) is 4.38 Å². The summed E-state index contributed by atoms with van der Waals surface area (Å²) in [5.41, 5.74) is 0. The summed E-state index contributed by atoms with van der Waals surface area (Å²) in [6.45, 7) is -9.52. The Labute approximate surface area is 533 Å². The molecule has 3 atom stereocenters. The number of hydrogen-bond acceptors (Lipinski definition) is 0. The molecule has 3 heterocycles. The van der Waals surface area contributed by atoms with Gasteiger partial charge in [-0.1, -0.05) is 361 Å². The number of benzene rings is 12. The third kappa shape index (κ3) is 9.27. The smallest absolute Gasteiger partial charge is 0.0854 e. The SMILES string of the molecule is ClP1C(=P(c2ccccc2)(c2ccccc2)c2ccccc2)P2C(=P(c3ccccc3)(c3ccccc3)c3ccccc3)P(Cl)C1([P+](c1ccccc1)(c1ccccc1)c1ccccc1)P(Cl)C2=P(c1ccccc1)(c1ccccc1)c1ccccc1. The number of hydrogen-bond donors (Lipinski definition) is 0. The first kappa shape index (κ1) is 59.2. The molecule has 3 unspecified atom stereocenters. The lowest BCUT2D eigenvalue weighted by Gasteiger charge is -2.64. The highest BCUT2D eigenvalue weighted by Crippen LogP contribution is 3.11. The lowest BCUT2D eigenvalue weighted by Crippen LogP contribution is -2.51. The topological polar surface area (TPSA) is 0 Å². The predicted molar refractivity (Wildman–Crippen MR) is 404 cm³/mol. The van der Waals surface area contributed by atoms with Gasteiger partial charge < -0.3 is 0 Å². The van der Waals surface area contributed by atoms with E-state index in [4.69, 9.17) is 0 Å². The average Bonchev–Trinajstić information content (AvgIpc) is 0.641. The van der Waals surface area contributed by atoms with Crippen molar-refractivity contribution in [2.45, 2.75) is 4.38 Å². The molecule has 15 rings (SSSR count). The summed E-state index contributed by atoms with van der Waals surface area (Å²) in [6.07, 6.45) is 0. The quantitative estimate of drug-likeness (QED) is 0.101. The van der Waals surface area contributed by atoms with E-state index in [2.05, 4.69) is 364 Å². The Kier molecular flexibility index (Phi) is 17.3. The Hall–Kier alpha value is -5.44. The van der Waals surface area contributed by atoms with Crippen LogP contribution in [0.1, 0.15) is 0 Å². The van der Waals surface area contributed by atoms with Crippen LogP contribution in [-0.4, -0.2) is 18.7 Å². The largest absolute Gasteiger partial charge is 0.200 e. The van der Waals surface area contributed by atoms with Crippen molar-refractivity contribution in [2.75, 3.05) is 0 Å². The summed E-state index contributed by atoms with van der Waals surface area (Å²) in [7, 11) is -10.8. The van der Waals surface area contributed by atoms with Gasteiger partial charge in [0.15, 0.2) is 0 Å². The molecule has 0 aromatic heterocycles. The van der Waals surface area contributed by atoms with E-state index in [-0.39, 0.29) is 0 Å². The van der Waals surface area contributed by atoms with Crippen LogP contribution in [0, 0.1) is 0 Å². The molecule has 0 nitrogen and oxygen atoms in total. The minimum absolute atomic E-state index is 1.07. The molecular weight excluding hydrogens is 1270 g/mol. The number of fused-ring (bicyclic) bond motifs is 3. The molecule has 0 saturated carbocycles. The summed E-state index contributed by atoms with van der Waals surface area (Å²) < 4.78 is 3.20. The first-order valence-corrected chi connectivity index (χ1v) is 44.3. The summed E-state index contributed by atoms with van der Waals surface area (Å²) in [4.78, 5) is 0. The zero-order valence-electron chi connectivity index (χ0n) is 47.4. The maximum atomic E-state index is 9.96. The third-order valence-electron chi connectivity index (χ3n) is 17.0. The van der Waals surface area contributed by atoms with Crippen molar-refractivity contribution in [2.24, 2.45) is 0 Å². The van der Waals surface area contributed by atoms with Crippen LogP contribution in [-0.2, 0) is 0 Å². The van der Waals surface area contributed by atoms with Crippen molar-refractivity contribution in [3.63, 3.8) is 0 Å². The van der Waals surface area contributed by atoms with Crippen LogP contribution in [0.25, 0.3) is 0 Å². The van der Waals surface area contributed by atoms with Crippen LogP contribution >= 0.6 is 91.4 Å². The van der Waals surface area contributed by atoms with Crippen molar-refractivity contribution in [1.82, 2.24) is 0 Å². The molecule has 3 aliphatic rings. The van der Waals surface area contributed by atoms with Gasteiger partial charge in [-0.2, -0.15) is 0 Å². The van der Waals surface area contributed by atoms with Crippen LogP contribution < -0.4 is 63.7 Å². The van der Waals surface area contributed by atoms with E-state index in [1.54, 1.807) is 0 Å². The van der Waals surface area contributed by atoms with Crippen molar-refractivity contribution < 1.29 is 0 Å². The van der Waals surface area contributed by atoms with Crippen molar-refractivity contribution in [1.29, 1.82) is 0 Å². The van der Waals surface area contributed by atoms with Crippen molar-refractivity contribution >= 4 is 169 Å². The average molecular weight is 1330 g/mol. The molecule has 0 radical (unpaired) electrons. The van der Waals surface area contributed by atoms with Gasteiger partial charge in [-0.25, -0.2) is 0 Å². The Morgan fingerprint density at radius 1 is 0.207 bits per heavy atom. The zero-order chi connectivity index (χ0) is 58.9. The van der Waals surface area contributed by atoms with Gasteiger partial charge in [0.05, 0.1) is 21.8 Å². The summed E-state index contributed by atoms with van der Waals surface area (Å²) in [5.74, 6) is 0. The van der Waals surface area contributed by atoms with Gasteiger partial charge in [-0.15, -0.1) is 0 Å². The maximum Gasteiger partial charge on any atom is 0.200 e. The maximum absolute atomic E-state index is 9.96. The lowest BCUT2D eigenvalue weighted by atomic mass is 10.4. The molecule has 2 bridgehead atoms. The van der Waals surface area contributed by atoms with Gasteiger partial charge in [0.1, 0.15) is 23.2 Å². The van der Waals surface area contributed by atoms with Crippen LogP contribution in [0.3, 0.4) is 0 Å². The molecular formula is C76H60Cl3P8+. The highest BCUT2D eigenvalue weighted by atomic mass is 35.7. The molecule has 3 fully saturated rings. The molecule has 0 aliphatic carbocycles. The second kappa shape index (κ2) is 25.4. The Balaban J connectivity index is 1.45. The second-order valence-corrected chi connectivity index (χ2v) is 50.3. The second-order valence-electron chi connectivity index (χ2n) is 21.4. The molecule has 3 aliphatic heterocycles. The summed E-state index contributed by atoms with van der Waals surface area (Å²) >= 11 is 29.9. The standard InChI is InChI=1S/C76H60Cl3P8/c77-81-73(84(61-37-13-1-14-38-61,62-39-15-2-16-40-62)63-41-17-3-18-42-63)80-74(85(64-43-19-4-20-44-64,65-45-21-5-22-46-65)66-47-23-6-24-48-66)82(78)76(81,87(70-55-31-10-32-56-70,71-57-33-11-34-58-71)72-59-35-12-36-60-72)83(79)75(80)86(67-49-25-7-26-50-67,68-51-27-8-28-52-68)69-53-29-9-30-54-69/h1-60H/q+1. The predicted octanol–water partition coefficient (Wildman–Crippen LogP) is 18.3. The highest BCUT2D eigenvalue weighted by molar-refractivity contribution is 8.64. The molecule has 3 saturated heterocycles. The van der Waals surface area contributed by atoms with Gasteiger partial charge in [0.25, 0.3) is 0 Å². The number of halogens is 3. The summed E-state index contributed by atoms with van der Waals surface area (Å²) in [5, 5.41) is 15.0. The van der Waals surface area contributed by atoms with E-state index in [1.165, 1.54) is 78.0 Å². The van der Waals surface area contributed by atoms with E-state index in [0.717, 1.165) is 0 Å². The first-order valence-electron chi connectivity index (χ1n) is 29.0.